The molecule has 140 valence electrons. The number of carbonyl (C=O) groups is 1. The van der Waals surface area contributed by atoms with Gasteiger partial charge in [0, 0.05) is 5.69 Å². The first-order chi connectivity index (χ1) is 13.2. The summed E-state index contributed by atoms with van der Waals surface area (Å²) in [5.74, 6) is 3.05. The van der Waals surface area contributed by atoms with Gasteiger partial charge in [-0.2, -0.15) is 0 Å². The molecule has 0 radical (unpaired) electrons. The Balaban J connectivity index is 1.38. The highest BCUT2D eigenvalue weighted by Gasteiger charge is 2.41. The van der Waals surface area contributed by atoms with E-state index in [-0.39, 0.29) is 11.8 Å². The minimum absolute atomic E-state index is 0.0718. The lowest BCUT2D eigenvalue weighted by molar-refractivity contribution is -0.117. The molecule has 2 aromatic carbocycles. The molecule has 4 nitrogen and oxygen atoms in total. The molecule has 2 fully saturated rings. The SMILES string of the molecule is COc1ccc(CC2C(=O)Nc3ccccc32)cc1OC1CC2CCC1C2. The number of fused-ring (bicyclic) bond motifs is 3. The van der Waals surface area contributed by atoms with Crippen molar-refractivity contribution in [1.29, 1.82) is 0 Å². The van der Waals surface area contributed by atoms with Gasteiger partial charge in [0.05, 0.1) is 13.0 Å². The normalized spacial score (nSPS) is 28.1. The molecule has 4 unspecified atom stereocenters. The highest BCUT2D eigenvalue weighted by atomic mass is 16.5. The van der Waals surface area contributed by atoms with Crippen LogP contribution in [0.25, 0.3) is 0 Å². The molecule has 27 heavy (non-hydrogen) atoms. The minimum Gasteiger partial charge on any atom is -0.493 e. The molecule has 3 aliphatic rings. The zero-order chi connectivity index (χ0) is 18.4. The van der Waals surface area contributed by atoms with E-state index in [1.807, 2.05) is 36.4 Å². The summed E-state index contributed by atoms with van der Waals surface area (Å²) in [5, 5.41) is 2.99. The van der Waals surface area contributed by atoms with E-state index < -0.39 is 0 Å². The maximum atomic E-state index is 12.4. The number of hydrogen-bond donors (Lipinski definition) is 1. The molecule has 2 saturated carbocycles. The Hall–Kier alpha value is -2.49. The Morgan fingerprint density at radius 1 is 1.07 bits per heavy atom. The van der Waals surface area contributed by atoms with Gasteiger partial charge in [-0.25, -0.2) is 0 Å². The van der Waals surface area contributed by atoms with Crippen LogP contribution in [-0.4, -0.2) is 19.1 Å². The number of methoxy groups -OCH3 is 1. The predicted molar refractivity (Wildman–Crippen MR) is 104 cm³/mol. The molecule has 4 atom stereocenters. The molecule has 4 heteroatoms. The number of carbonyl (C=O) groups excluding carboxylic acids is 1. The summed E-state index contributed by atoms with van der Waals surface area (Å²) in [6.45, 7) is 0. The topological polar surface area (TPSA) is 47.6 Å². The number of ether oxygens (including phenoxy) is 2. The van der Waals surface area contributed by atoms with E-state index in [9.17, 15) is 4.79 Å². The van der Waals surface area contributed by atoms with Crippen molar-refractivity contribution < 1.29 is 14.3 Å². The first-order valence-electron chi connectivity index (χ1n) is 9.94. The number of rotatable bonds is 5. The summed E-state index contributed by atoms with van der Waals surface area (Å²) in [6.07, 6.45) is 6.10. The number of para-hydroxylation sites is 1. The standard InChI is InChI=1S/C23H25NO3/c1-26-20-9-7-15(11-18-17-4-2-3-5-19(17)24-23(18)25)13-22(20)27-21-12-14-6-8-16(21)10-14/h2-5,7,9,13-14,16,18,21H,6,8,10-12H2,1H3,(H,24,25). The maximum absolute atomic E-state index is 12.4. The number of amides is 1. The lowest BCUT2D eigenvalue weighted by Gasteiger charge is -2.24. The summed E-state index contributed by atoms with van der Waals surface area (Å²) in [5.41, 5.74) is 3.11. The summed E-state index contributed by atoms with van der Waals surface area (Å²) >= 11 is 0. The second-order valence-corrected chi connectivity index (χ2v) is 8.15. The van der Waals surface area contributed by atoms with Gasteiger partial charge in [0.2, 0.25) is 5.91 Å². The Morgan fingerprint density at radius 2 is 1.96 bits per heavy atom. The predicted octanol–water partition coefficient (Wildman–Crippen LogP) is 4.54. The third-order valence-electron chi connectivity index (χ3n) is 6.53. The van der Waals surface area contributed by atoms with Gasteiger partial charge in [0.15, 0.2) is 11.5 Å². The molecular formula is C23H25NO3. The molecule has 1 N–H and O–H groups in total. The zero-order valence-corrected chi connectivity index (χ0v) is 15.6. The molecular weight excluding hydrogens is 338 g/mol. The van der Waals surface area contributed by atoms with E-state index in [0.717, 1.165) is 40.7 Å². The molecule has 1 amide bonds. The fourth-order valence-electron chi connectivity index (χ4n) is 5.15. The molecule has 0 saturated heterocycles. The van der Waals surface area contributed by atoms with Crippen LogP contribution in [0, 0.1) is 11.8 Å². The van der Waals surface area contributed by atoms with Crippen molar-refractivity contribution in [2.75, 3.05) is 12.4 Å². The molecule has 0 spiro atoms. The Kier molecular flexibility index (Phi) is 4.07. The minimum atomic E-state index is -0.148. The Morgan fingerprint density at radius 3 is 2.74 bits per heavy atom. The van der Waals surface area contributed by atoms with Crippen LogP contribution in [0.4, 0.5) is 5.69 Å². The van der Waals surface area contributed by atoms with Crippen molar-refractivity contribution in [1.82, 2.24) is 0 Å². The van der Waals surface area contributed by atoms with Crippen LogP contribution in [0.2, 0.25) is 0 Å². The molecule has 2 bridgehead atoms. The van der Waals surface area contributed by atoms with Crippen LogP contribution in [0.1, 0.15) is 42.7 Å². The summed E-state index contributed by atoms with van der Waals surface area (Å²) in [7, 11) is 1.68. The lowest BCUT2D eigenvalue weighted by Crippen LogP contribution is -2.23. The first-order valence-corrected chi connectivity index (χ1v) is 9.94. The van der Waals surface area contributed by atoms with E-state index in [1.165, 1.54) is 19.3 Å². The third-order valence-corrected chi connectivity index (χ3v) is 6.53. The van der Waals surface area contributed by atoms with Crippen molar-refractivity contribution in [3.63, 3.8) is 0 Å². The molecule has 1 aliphatic heterocycles. The van der Waals surface area contributed by atoms with Gasteiger partial charge < -0.3 is 14.8 Å². The largest absolute Gasteiger partial charge is 0.493 e. The number of anilines is 1. The number of benzene rings is 2. The van der Waals surface area contributed by atoms with Crippen molar-refractivity contribution in [3.05, 3.63) is 53.6 Å². The van der Waals surface area contributed by atoms with Crippen molar-refractivity contribution >= 4 is 11.6 Å². The number of nitrogens with one attached hydrogen (secondary N) is 1. The first kappa shape index (κ1) is 16.7. The van der Waals surface area contributed by atoms with E-state index in [2.05, 4.69) is 11.4 Å². The van der Waals surface area contributed by atoms with Gasteiger partial charge >= 0.3 is 0 Å². The second kappa shape index (κ2) is 6.59. The van der Waals surface area contributed by atoms with Gasteiger partial charge in [-0.05, 0) is 73.3 Å². The Labute approximate surface area is 159 Å². The smallest absolute Gasteiger partial charge is 0.232 e. The fraction of sp³-hybridized carbons (Fsp3) is 0.435. The van der Waals surface area contributed by atoms with E-state index in [4.69, 9.17) is 9.47 Å². The van der Waals surface area contributed by atoms with E-state index in [1.54, 1.807) is 7.11 Å². The van der Waals surface area contributed by atoms with Gasteiger partial charge in [-0.1, -0.05) is 24.3 Å². The van der Waals surface area contributed by atoms with Gasteiger partial charge in [0.25, 0.3) is 0 Å². The van der Waals surface area contributed by atoms with Crippen LogP contribution in [0.3, 0.4) is 0 Å². The number of hydrogen-bond acceptors (Lipinski definition) is 3. The second-order valence-electron chi connectivity index (χ2n) is 8.15. The monoisotopic (exact) mass is 363 g/mol. The van der Waals surface area contributed by atoms with Crippen molar-refractivity contribution in [2.45, 2.75) is 44.1 Å². The van der Waals surface area contributed by atoms with E-state index in [0.29, 0.717) is 18.4 Å². The summed E-state index contributed by atoms with van der Waals surface area (Å²) in [6, 6.07) is 14.0. The molecule has 2 aromatic rings. The fourth-order valence-corrected chi connectivity index (χ4v) is 5.15. The maximum Gasteiger partial charge on any atom is 0.232 e. The van der Waals surface area contributed by atoms with Crippen LogP contribution in [0.15, 0.2) is 42.5 Å². The van der Waals surface area contributed by atoms with Crippen molar-refractivity contribution in [2.24, 2.45) is 11.8 Å². The van der Waals surface area contributed by atoms with Crippen LogP contribution in [0.5, 0.6) is 11.5 Å². The quantitative estimate of drug-likeness (QED) is 0.848. The molecule has 2 aliphatic carbocycles. The highest BCUT2D eigenvalue weighted by molar-refractivity contribution is 6.03. The molecule has 1 heterocycles. The zero-order valence-electron chi connectivity index (χ0n) is 15.6. The third kappa shape index (κ3) is 2.97. The van der Waals surface area contributed by atoms with Crippen LogP contribution >= 0.6 is 0 Å². The highest BCUT2D eigenvalue weighted by Crippen LogP contribution is 2.47. The Bertz CT molecular complexity index is 878. The lowest BCUT2D eigenvalue weighted by atomic mass is 9.93. The molecule has 5 rings (SSSR count). The van der Waals surface area contributed by atoms with Gasteiger partial charge in [-0.15, -0.1) is 0 Å². The van der Waals surface area contributed by atoms with Crippen molar-refractivity contribution in [3.8, 4) is 11.5 Å². The van der Waals surface area contributed by atoms with E-state index >= 15 is 0 Å². The molecule has 0 aromatic heterocycles. The average molecular weight is 363 g/mol. The average Bonchev–Trinajstić information content (AvgIpc) is 3.37. The van der Waals surface area contributed by atoms with Gasteiger partial charge in [0.1, 0.15) is 6.10 Å². The summed E-state index contributed by atoms with van der Waals surface area (Å²) < 4.78 is 11.9. The van der Waals surface area contributed by atoms with Crippen LogP contribution < -0.4 is 14.8 Å². The van der Waals surface area contributed by atoms with Crippen LogP contribution in [-0.2, 0) is 11.2 Å². The summed E-state index contributed by atoms with van der Waals surface area (Å²) in [4.78, 5) is 12.4. The van der Waals surface area contributed by atoms with Gasteiger partial charge in [-0.3, -0.25) is 4.79 Å².